The van der Waals surface area contributed by atoms with E-state index in [0.717, 1.165) is 32.3 Å². The summed E-state index contributed by atoms with van der Waals surface area (Å²) in [7, 11) is 0. The fourth-order valence-electron chi connectivity index (χ4n) is 3.83. The molecule has 0 spiro atoms. The van der Waals surface area contributed by atoms with Crippen LogP contribution in [0.4, 0.5) is 4.39 Å². The van der Waals surface area contributed by atoms with Crippen LogP contribution < -0.4 is 0 Å². The maximum absolute atomic E-state index is 13.2. The van der Waals surface area contributed by atoms with Gasteiger partial charge in [-0.05, 0) is 56.4 Å². The second-order valence-electron chi connectivity index (χ2n) is 7.44. The highest BCUT2D eigenvalue weighted by atomic mass is 19.1. The Bertz CT molecular complexity index is 778. The lowest BCUT2D eigenvalue weighted by Gasteiger charge is -2.33. The Morgan fingerprint density at radius 1 is 1.18 bits per heavy atom. The van der Waals surface area contributed by atoms with Crippen molar-refractivity contribution in [2.45, 2.75) is 44.3 Å². The highest BCUT2D eigenvalue weighted by Crippen LogP contribution is 2.20. The summed E-state index contributed by atoms with van der Waals surface area (Å²) in [6.07, 6.45) is 8.62. The van der Waals surface area contributed by atoms with E-state index in [-0.39, 0.29) is 23.9 Å². The van der Waals surface area contributed by atoms with Crippen molar-refractivity contribution in [1.82, 2.24) is 14.5 Å². The minimum absolute atomic E-state index is 0.0594. The highest BCUT2D eigenvalue weighted by molar-refractivity contribution is 5.93. The zero-order valence-corrected chi connectivity index (χ0v) is 15.9. The fraction of sp³-hybridized carbons (Fsp3) is 0.524. The largest absolute Gasteiger partial charge is 0.376 e. The molecule has 0 N–H and O–H groups in total. The van der Waals surface area contributed by atoms with E-state index in [9.17, 15) is 9.18 Å². The van der Waals surface area contributed by atoms with Gasteiger partial charge in [0.25, 0.3) is 5.91 Å². The number of likely N-dealkylation sites (tertiary alicyclic amines) is 1. The van der Waals surface area contributed by atoms with Crippen molar-refractivity contribution in [2.24, 2.45) is 0 Å². The molecule has 0 bridgehead atoms. The molecule has 1 atom stereocenters. The number of ether oxygens (including phenoxy) is 2. The van der Waals surface area contributed by atoms with Crippen LogP contribution in [-0.2, 0) is 9.47 Å². The second kappa shape index (κ2) is 8.84. The Morgan fingerprint density at radius 3 is 2.68 bits per heavy atom. The van der Waals surface area contributed by atoms with Gasteiger partial charge >= 0.3 is 0 Å². The van der Waals surface area contributed by atoms with Crippen molar-refractivity contribution >= 4 is 5.91 Å². The molecule has 150 valence electrons. The second-order valence-corrected chi connectivity index (χ2v) is 7.44. The topological polar surface area (TPSA) is 56.6 Å². The number of carbonyl (C=O) groups excluding carboxylic acids is 1. The van der Waals surface area contributed by atoms with Crippen LogP contribution in [0.5, 0.6) is 0 Å². The summed E-state index contributed by atoms with van der Waals surface area (Å²) in [5.41, 5.74) is 1.20. The molecule has 28 heavy (non-hydrogen) atoms. The number of hydrogen-bond acceptors (Lipinski definition) is 4. The number of amides is 1. The Morgan fingerprint density at radius 2 is 1.96 bits per heavy atom. The van der Waals surface area contributed by atoms with Gasteiger partial charge < -0.3 is 14.4 Å². The quantitative estimate of drug-likeness (QED) is 0.791. The van der Waals surface area contributed by atoms with Gasteiger partial charge in [0, 0.05) is 25.4 Å². The molecule has 2 aliphatic heterocycles. The molecule has 1 unspecified atom stereocenters. The smallest absolute Gasteiger partial charge is 0.272 e. The average molecular weight is 387 g/mol. The van der Waals surface area contributed by atoms with Gasteiger partial charge in [0.1, 0.15) is 11.5 Å². The minimum Gasteiger partial charge on any atom is -0.376 e. The molecule has 2 aliphatic rings. The molecular weight excluding hydrogens is 361 g/mol. The first kappa shape index (κ1) is 19.1. The monoisotopic (exact) mass is 387 g/mol. The number of nitrogens with zero attached hydrogens (tertiary/aromatic N) is 3. The predicted octanol–water partition coefficient (Wildman–Crippen LogP) is 3.20. The van der Waals surface area contributed by atoms with Crippen LogP contribution in [0.1, 0.15) is 42.6 Å². The number of piperidine rings is 1. The normalized spacial score (nSPS) is 21.0. The third kappa shape index (κ3) is 4.42. The lowest BCUT2D eigenvalue weighted by molar-refractivity contribution is -0.0733. The number of halogens is 1. The third-order valence-electron chi connectivity index (χ3n) is 5.48. The summed E-state index contributed by atoms with van der Waals surface area (Å²) in [6.45, 7) is 2.80. The molecule has 2 fully saturated rings. The van der Waals surface area contributed by atoms with E-state index in [2.05, 4.69) is 4.98 Å². The van der Waals surface area contributed by atoms with Crippen LogP contribution in [0.25, 0.3) is 5.69 Å². The molecule has 1 aromatic carbocycles. The Labute approximate surface area is 164 Å². The molecule has 4 rings (SSSR count). The first-order valence-electron chi connectivity index (χ1n) is 10.0. The van der Waals surface area contributed by atoms with Crippen LogP contribution in [-0.4, -0.2) is 58.9 Å². The van der Waals surface area contributed by atoms with Crippen LogP contribution in [0.2, 0.25) is 0 Å². The molecule has 7 heteroatoms. The van der Waals surface area contributed by atoms with Crippen molar-refractivity contribution in [3.8, 4) is 5.69 Å². The van der Waals surface area contributed by atoms with Crippen molar-refractivity contribution in [2.75, 3.05) is 26.3 Å². The number of rotatable bonds is 5. The van der Waals surface area contributed by atoms with Crippen molar-refractivity contribution in [3.05, 3.63) is 48.3 Å². The Balaban J connectivity index is 1.32. The van der Waals surface area contributed by atoms with E-state index in [4.69, 9.17) is 9.47 Å². The van der Waals surface area contributed by atoms with Crippen LogP contribution >= 0.6 is 0 Å². The summed E-state index contributed by atoms with van der Waals surface area (Å²) < 4.78 is 26.6. The number of benzene rings is 1. The number of imidazole rings is 1. The zero-order chi connectivity index (χ0) is 19.3. The van der Waals surface area contributed by atoms with Crippen LogP contribution in [0.15, 0.2) is 36.8 Å². The van der Waals surface area contributed by atoms with Gasteiger partial charge in [-0.15, -0.1) is 0 Å². The molecule has 6 nitrogen and oxygen atoms in total. The van der Waals surface area contributed by atoms with Crippen molar-refractivity contribution < 1.29 is 18.7 Å². The van der Waals surface area contributed by atoms with Crippen LogP contribution in [0.3, 0.4) is 0 Å². The summed E-state index contributed by atoms with van der Waals surface area (Å²) in [4.78, 5) is 18.9. The summed E-state index contributed by atoms with van der Waals surface area (Å²) in [5.74, 6) is -0.367. The van der Waals surface area contributed by atoms with E-state index in [1.807, 2.05) is 4.90 Å². The summed E-state index contributed by atoms with van der Waals surface area (Å²) in [5, 5.41) is 0. The molecule has 3 heterocycles. The van der Waals surface area contributed by atoms with E-state index in [1.165, 1.54) is 18.6 Å². The van der Waals surface area contributed by atoms with E-state index in [0.29, 0.717) is 31.1 Å². The SMILES string of the molecule is O=C(c1cncn1-c1ccc(F)cc1)N1CCC(OCC2CCCCO2)CC1. The van der Waals surface area contributed by atoms with Crippen molar-refractivity contribution in [3.63, 3.8) is 0 Å². The van der Waals surface area contributed by atoms with E-state index in [1.54, 1.807) is 29.2 Å². The zero-order valence-electron chi connectivity index (χ0n) is 15.9. The lowest BCUT2D eigenvalue weighted by Crippen LogP contribution is -2.42. The maximum Gasteiger partial charge on any atom is 0.272 e. The molecule has 2 aromatic rings. The number of aromatic nitrogens is 2. The van der Waals surface area contributed by atoms with Crippen LogP contribution in [0, 0.1) is 5.82 Å². The standard InChI is InChI=1S/C21H26FN3O3/c22-16-4-6-17(7-5-16)25-15-23-13-20(25)21(26)24-10-8-18(9-11-24)28-14-19-3-1-2-12-27-19/h4-7,13,15,18-19H,1-3,8-12,14H2. The molecule has 1 amide bonds. The molecule has 0 radical (unpaired) electrons. The molecule has 2 saturated heterocycles. The van der Waals surface area contributed by atoms with Gasteiger partial charge in [0.15, 0.2) is 0 Å². The van der Waals surface area contributed by atoms with Gasteiger partial charge in [-0.1, -0.05) is 0 Å². The predicted molar refractivity (Wildman–Crippen MR) is 102 cm³/mol. The van der Waals surface area contributed by atoms with Crippen molar-refractivity contribution in [1.29, 1.82) is 0 Å². The molecule has 0 saturated carbocycles. The Hall–Kier alpha value is -2.25. The maximum atomic E-state index is 13.2. The van der Waals surface area contributed by atoms with Gasteiger partial charge in [-0.3, -0.25) is 9.36 Å². The average Bonchev–Trinajstić information content (AvgIpc) is 3.23. The third-order valence-corrected chi connectivity index (χ3v) is 5.48. The lowest BCUT2D eigenvalue weighted by atomic mass is 10.1. The van der Waals surface area contributed by atoms with E-state index < -0.39 is 0 Å². The Kier molecular flexibility index (Phi) is 6.02. The summed E-state index contributed by atoms with van der Waals surface area (Å²) in [6, 6.07) is 6.04. The molecule has 0 aliphatic carbocycles. The fourth-order valence-corrected chi connectivity index (χ4v) is 3.83. The van der Waals surface area contributed by atoms with Gasteiger partial charge in [0.05, 0.1) is 31.3 Å². The summed E-state index contributed by atoms with van der Waals surface area (Å²) >= 11 is 0. The number of carbonyl (C=O) groups is 1. The van der Waals surface area contributed by atoms with E-state index >= 15 is 0 Å². The van der Waals surface area contributed by atoms with Gasteiger partial charge in [-0.2, -0.15) is 0 Å². The van der Waals surface area contributed by atoms with Gasteiger partial charge in [-0.25, -0.2) is 9.37 Å². The van der Waals surface area contributed by atoms with Gasteiger partial charge in [0.2, 0.25) is 0 Å². The minimum atomic E-state index is -0.308. The first-order valence-corrected chi connectivity index (χ1v) is 10.0. The first-order chi connectivity index (χ1) is 13.7. The molecular formula is C21H26FN3O3. The number of hydrogen-bond donors (Lipinski definition) is 0. The highest BCUT2D eigenvalue weighted by Gasteiger charge is 2.27. The molecule has 1 aromatic heterocycles.